The van der Waals surface area contributed by atoms with Gasteiger partial charge in [-0.15, -0.1) is 0 Å². The highest BCUT2D eigenvalue weighted by atomic mass is 16.5. The van der Waals surface area contributed by atoms with Crippen LogP contribution in [0.15, 0.2) is 48.5 Å². The van der Waals surface area contributed by atoms with Crippen molar-refractivity contribution in [2.75, 3.05) is 13.2 Å². The van der Waals surface area contributed by atoms with Crippen molar-refractivity contribution in [1.29, 1.82) is 0 Å². The summed E-state index contributed by atoms with van der Waals surface area (Å²) in [7, 11) is 0. The van der Waals surface area contributed by atoms with E-state index in [1.165, 1.54) is 0 Å². The van der Waals surface area contributed by atoms with Gasteiger partial charge in [-0.25, -0.2) is 4.79 Å². The summed E-state index contributed by atoms with van der Waals surface area (Å²) in [5.74, 6) is 0.262. The number of nitrogens with one attached hydrogen (secondary N) is 1. The second-order valence-electron chi connectivity index (χ2n) is 6.26. The highest BCUT2D eigenvalue weighted by molar-refractivity contribution is 5.76. The average molecular weight is 371 g/mol. The first-order chi connectivity index (χ1) is 13.0. The van der Waals surface area contributed by atoms with E-state index in [0.717, 1.165) is 16.9 Å². The number of carbonyl (C=O) groups excluding carboxylic acids is 1. The zero-order chi connectivity index (χ0) is 19.6. The summed E-state index contributed by atoms with van der Waals surface area (Å²) in [6.07, 6.45) is 1.02. The molecule has 0 heterocycles. The summed E-state index contributed by atoms with van der Waals surface area (Å²) in [6.45, 7) is 4.00. The molecule has 0 aliphatic heterocycles. The minimum atomic E-state index is -1.02. The number of benzene rings is 2. The van der Waals surface area contributed by atoms with Crippen LogP contribution in [0.2, 0.25) is 0 Å². The molecule has 2 aromatic carbocycles. The van der Waals surface area contributed by atoms with Crippen LogP contribution >= 0.6 is 0 Å². The van der Waals surface area contributed by atoms with Crippen LogP contribution in [0.4, 0.5) is 0 Å². The number of carbonyl (C=O) groups is 2. The largest absolute Gasteiger partial charge is 0.493 e. The summed E-state index contributed by atoms with van der Waals surface area (Å²) < 4.78 is 10.8. The standard InChI is InChI=1S/C21H25NO5/c1-15-6-3-4-7-19(15)26-13-5-8-20(23)22-16(2)17-9-11-18(12-10-17)27-14-21(24)25/h3-4,6-7,9-12,16H,5,8,13-14H2,1-2H3,(H,22,23)(H,24,25). The van der Waals surface area contributed by atoms with Gasteiger partial charge in [-0.2, -0.15) is 0 Å². The van der Waals surface area contributed by atoms with Gasteiger partial charge >= 0.3 is 5.97 Å². The molecule has 0 saturated heterocycles. The number of hydrogen-bond acceptors (Lipinski definition) is 4. The molecule has 27 heavy (non-hydrogen) atoms. The fourth-order valence-corrected chi connectivity index (χ4v) is 2.53. The zero-order valence-electron chi connectivity index (χ0n) is 15.6. The molecule has 0 aliphatic rings. The molecule has 0 aliphatic carbocycles. The van der Waals surface area contributed by atoms with Crippen LogP contribution in [-0.2, 0) is 9.59 Å². The SMILES string of the molecule is Cc1ccccc1OCCCC(=O)NC(C)c1ccc(OCC(=O)O)cc1. The Bertz CT molecular complexity index is 757. The molecule has 0 radical (unpaired) electrons. The summed E-state index contributed by atoms with van der Waals surface area (Å²) in [4.78, 5) is 22.6. The number of aliphatic carboxylic acids is 1. The molecule has 144 valence electrons. The Morgan fingerprint density at radius 2 is 1.78 bits per heavy atom. The van der Waals surface area contributed by atoms with Crippen LogP contribution in [0.25, 0.3) is 0 Å². The summed E-state index contributed by atoms with van der Waals surface area (Å²) in [5, 5.41) is 11.5. The van der Waals surface area contributed by atoms with E-state index in [1.807, 2.05) is 50.2 Å². The van der Waals surface area contributed by atoms with Crippen molar-refractivity contribution >= 4 is 11.9 Å². The Balaban J connectivity index is 1.71. The van der Waals surface area contributed by atoms with Crippen molar-refractivity contribution in [2.45, 2.75) is 32.7 Å². The van der Waals surface area contributed by atoms with Crippen LogP contribution in [0.1, 0.15) is 36.9 Å². The van der Waals surface area contributed by atoms with Crippen molar-refractivity contribution < 1.29 is 24.2 Å². The van der Waals surface area contributed by atoms with E-state index in [0.29, 0.717) is 25.2 Å². The van der Waals surface area contributed by atoms with Gasteiger partial charge in [0.05, 0.1) is 12.6 Å². The number of amides is 1. The minimum Gasteiger partial charge on any atom is -0.493 e. The molecular formula is C21H25NO5. The van der Waals surface area contributed by atoms with Gasteiger partial charge in [-0.3, -0.25) is 4.79 Å². The Morgan fingerprint density at radius 1 is 1.07 bits per heavy atom. The van der Waals surface area contributed by atoms with E-state index in [2.05, 4.69) is 5.32 Å². The van der Waals surface area contributed by atoms with E-state index >= 15 is 0 Å². The number of hydrogen-bond donors (Lipinski definition) is 2. The number of aryl methyl sites for hydroxylation is 1. The first-order valence-corrected chi connectivity index (χ1v) is 8.88. The number of rotatable bonds is 10. The van der Waals surface area contributed by atoms with Gasteiger partial charge in [0.2, 0.25) is 5.91 Å². The van der Waals surface area contributed by atoms with E-state index < -0.39 is 5.97 Å². The quantitative estimate of drug-likeness (QED) is 0.625. The molecule has 6 nitrogen and oxygen atoms in total. The Kier molecular flexibility index (Phi) is 7.67. The molecular weight excluding hydrogens is 346 g/mol. The molecule has 1 atom stereocenters. The minimum absolute atomic E-state index is 0.0397. The van der Waals surface area contributed by atoms with Crippen LogP contribution in [0, 0.1) is 6.92 Å². The first-order valence-electron chi connectivity index (χ1n) is 8.88. The van der Waals surface area contributed by atoms with Crippen LogP contribution in [0.3, 0.4) is 0 Å². The maximum Gasteiger partial charge on any atom is 0.341 e. The maximum atomic E-state index is 12.1. The van der Waals surface area contributed by atoms with Crippen molar-refractivity contribution in [3.63, 3.8) is 0 Å². The molecule has 1 amide bonds. The van der Waals surface area contributed by atoms with Gasteiger partial charge in [0.25, 0.3) is 0 Å². The second kappa shape index (κ2) is 10.2. The third kappa shape index (κ3) is 7.01. The fourth-order valence-electron chi connectivity index (χ4n) is 2.53. The molecule has 0 saturated carbocycles. The predicted molar refractivity (Wildman–Crippen MR) is 102 cm³/mol. The van der Waals surface area contributed by atoms with E-state index in [4.69, 9.17) is 14.6 Å². The average Bonchev–Trinajstić information content (AvgIpc) is 2.65. The van der Waals surface area contributed by atoms with Crippen molar-refractivity contribution in [3.05, 3.63) is 59.7 Å². The van der Waals surface area contributed by atoms with Gasteiger partial charge in [-0.05, 0) is 49.6 Å². The Morgan fingerprint density at radius 3 is 2.44 bits per heavy atom. The Hall–Kier alpha value is -3.02. The zero-order valence-corrected chi connectivity index (χ0v) is 15.6. The first kappa shape index (κ1) is 20.3. The highest BCUT2D eigenvalue weighted by Gasteiger charge is 2.10. The molecule has 0 spiro atoms. The monoisotopic (exact) mass is 371 g/mol. The van der Waals surface area contributed by atoms with Gasteiger partial charge < -0.3 is 19.9 Å². The normalized spacial score (nSPS) is 11.5. The molecule has 1 unspecified atom stereocenters. The highest BCUT2D eigenvalue weighted by Crippen LogP contribution is 2.18. The lowest BCUT2D eigenvalue weighted by atomic mass is 10.1. The van der Waals surface area contributed by atoms with E-state index in [1.54, 1.807) is 12.1 Å². The lowest BCUT2D eigenvalue weighted by molar-refractivity contribution is -0.139. The lowest BCUT2D eigenvalue weighted by Crippen LogP contribution is -2.26. The molecule has 2 aromatic rings. The topological polar surface area (TPSA) is 84.9 Å². The third-order valence-electron chi connectivity index (χ3n) is 4.02. The van der Waals surface area contributed by atoms with Gasteiger partial charge in [0.15, 0.2) is 6.61 Å². The number of para-hydroxylation sites is 1. The smallest absolute Gasteiger partial charge is 0.341 e. The maximum absolute atomic E-state index is 12.1. The van der Waals surface area contributed by atoms with Crippen molar-refractivity contribution in [3.8, 4) is 11.5 Å². The fraction of sp³-hybridized carbons (Fsp3) is 0.333. The number of carboxylic acids is 1. The van der Waals surface area contributed by atoms with E-state index in [-0.39, 0.29) is 18.6 Å². The molecule has 2 N–H and O–H groups in total. The van der Waals surface area contributed by atoms with Gasteiger partial charge in [0.1, 0.15) is 11.5 Å². The number of carboxylic acid groups (broad SMARTS) is 1. The third-order valence-corrected chi connectivity index (χ3v) is 4.02. The van der Waals surface area contributed by atoms with Crippen LogP contribution in [0.5, 0.6) is 11.5 Å². The lowest BCUT2D eigenvalue weighted by Gasteiger charge is -2.15. The second-order valence-corrected chi connectivity index (χ2v) is 6.26. The van der Waals surface area contributed by atoms with Crippen molar-refractivity contribution in [2.24, 2.45) is 0 Å². The molecule has 0 aromatic heterocycles. The number of ether oxygens (including phenoxy) is 2. The van der Waals surface area contributed by atoms with Gasteiger partial charge in [0, 0.05) is 6.42 Å². The Labute approximate surface area is 159 Å². The summed E-state index contributed by atoms with van der Waals surface area (Å²) in [5.41, 5.74) is 1.99. The van der Waals surface area contributed by atoms with E-state index in [9.17, 15) is 9.59 Å². The molecule has 2 rings (SSSR count). The molecule has 0 fully saturated rings. The van der Waals surface area contributed by atoms with Crippen LogP contribution in [-0.4, -0.2) is 30.2 Å². The van der Waals surface area contributed by atoms with Gasteiger partial charge in [-0.1, -0.05) is 30.3 Å². The van der Waals surface area contributed by atoms with Crippen molar-refractivity contribution in [1.82, 2.24) is 5.32 Å². The van der Waals surface area contributed by atoms with Crippen LogP contribution < -0.4 is 14.8 Å². The predicted octanol–water partition coefficient (Wildman–Crippen LogP) is 3.49. The summed E-state index contributed by atoms with van der Waals surface area (Å²) in [6, 6.07) is 14.6. The molecule has 0 bridgehead atoms. The molecule has 6 heteroatoms. The summed E-state index contributed by atoms with van der Waals surface area (Å²) >= 11 is 0.